The molecule has 0 aromatic heterocycles. The summed E-state index contributed by atoms with van der Waals surface area (Å²) >= 11 is 6.02. The van der Waals surface area contributed by atoms with Gasteiger partial charge in [-0.25, -0.2) is 4.39 Å². The maximum absolute atomic E-state index is 12.8. The summed E-state index contributed by atoms with van der Waals surface area (Å²) in [5, 5.41) is 6.30. The van der Waals surface area contributed by atoms with Gasteiger partial charge in [0.05, 0.1) is 12.1 Å². The molecule has 22 heavy (non-hydrogen) atoms. The van der Waals surface area contributed by atoms with Gasteiger partial charge in [-0.05, 0) is 42.5 Å². The zero-order valence-corrected chi connectivity index (χ0v) is 12.8. The monoisotopic (exact) mass is 322 g/mol. The lowest BCUT2D eigenvalue weighted by atomic mass is 10.2. The number of nitrogens with one attached hydrogen (secondary N) is 2. The van der Waals surface area contributed by atoms with Gasteiger partial charge in [-0.15, -0.1) is 0 Å². The molecule has 0 atom stereocenters. The molecule has 4 nitrogen and oxygen atoms in total. The highest BCUT2D eigenvalue weighted by Gasteiger charge is 2.04. The summed E-state index contributed by atoms with van der Waals surface area (Å²) in [6.45, 7) is 0.454. The first-order valence-corrected chi connectivity index (χ1v) is 7.09. The molecule has 2 aromatic carbocycles. The number of amides is 1. The number of ether oxygens (including phenoxy) is 1. The number of hydrogen-bond donors (Lipinski definition) is 2. The Labute approximate surface area is 133 Å². The standard InChI is InChI=1S/C16H16ClFN2O2/c1-22-15-7-6-13(10-14(15)17)19-9-8-16(21)20-12-4-2-11(18)3-5-12/h2-7,10,19H,8-9H2,1H3,(H,20,21). The number of rotatable bonds is 6. The van der Waals surface area contributed by atoms with E-state index < -0.39 is 0 Å². The number of benzene rings is 2. The van der Waals surface area contributed by atoms with E-state index in [1.165, 1.54) is 24.3 Å². The Morgan fingerprint density at radius 2 is 1.86 bits per heavy atom. The van der Waals surface area contributed by atoms with E-state index >= 15 is 0 Å². The largest absolute Gasteiger partial charge is 0.495 e. The summed E-state index contributed by atoms with van der Waals surface area (Å²) in [5.74, 6) is 0.107. The molecular formula is C16H16ClFN2O2. The van der Waals surface area contributed by atoms with Crippen molar-refractivity contribution in [3.05, 3.63) is 53.3 Å². The molecule has 0 radical (unpaired) electrons. The minimum atomic E-state index is -0.337. The summed E-state index contributed by atoms with van der Waals surface area (Å²) in [4.78, 5) is 11.8. The highest BCUT2D eigenvalue weighted by atomic mass is 35.5. The van der Waals surface area contributed by atoms with Crippen molar-refractivity contribution < 1.29 is 13.9 Å². The smallest absolute Gasteiger partial charge is 0.226 e. The Balaban J connectivity index is 1.79. The fourth-order valence-corrected chi connectivity index (χ4v) is 2.11. The number of carbonyl (C=O) groups is 1. The number of anilines is 2. The minimum Gasteiger partial charge on any atom is -0.495 e. The van der Waals surface area contributed by atoms with Gasteiger partial charge in [-0.2, -0.15) is 0 Å². The molecule has 0 aliphatic rings. The molecule has 0 spiro atoms. The van der Waals surface area contributed by atoms with Gasteiger partial charge in [-0.3, -0.25) is 4.79 Å². The zero-order chi connectivity index (χ0) is 15.9. The average Bonchev–Trinajstić information content (AvgIpc) is 2.50. The van der Waals surface area contributed by atoms with Crippen LogP contribution < -0.4 is 15.4 Å². The SMILES string of the molecule is COc1ccc(NCCC(=O)Nc2ccc(F)cc2)cc1Cl. The Morgan fingerprint density at radius 3 is 2.50 bits per heavy atom. The molecular weight excluding hydrogens is 307 g/mol. The Morgan fingerprint density at radius 1 is 1.18 bits per heavy atom. The van der Waals surface area contributed by atoms with E-state index in [-0.39, 0.29) is 18.1 Å². The molecule has 1 amide bonds. The molecule has 0 heterocycles. The molecule has 0 fully saturated rings. The van der Waals surface area contributed by atoms with Gasteiger partial charge in [-0.1, -0.05) is 11.6 Å². The van der Waals surface area contributed by atoms with Crippen LogP contribution in [0.25, 0.3) is 0 Å². The Bertz CT molecular complexity index is 647. The minimum absolute atomic E-state index is 0.154. The normalized spacial score (nSPS) is 10.1. The quantitative estimate of drug-likeness (QED) is 0.847. The lowest BCUT2D eigenvalue weighted by molar-refractivity contribution is -0.115. The average molecular weight is 323 g/mol. The van der Waals surface area contributed by atoms with Crippen molar-refractivity contribution in [2.24, 2.45) is 0 Å². The molecule has 0 saturated heterocycles. The van der Waals surface area contributed by atoms with Gasteiger partial charge >= 0.3 is 0 Å². The fourth-order valence-electron chi connectivity index (χ4n) is 1.85. The number of halogens is 2. The summed E-state index contributed by atoms with van der Waals surface area (Å²) in [7, 11) is 1.55. The van der Waals surface area contributed by atoms with Crippen LogP contribution in [-0.4, -0.2) is 19.6 Å². The third kappa shape index (κ3) is 4.63. The third-order valence-corrected chi connectivity index (χ3v) is 3.26. The van der Waals surface area contributed by atoms with Crippen molar-refractivity contribution in [1.29, 1.82) is 0 Å². The summed E-state index contributed by atoms with van der Waals surface area (Å²) in [6, 6.07) is 10.9. The Kier molecular flexibility index (Phi) is 5.61. The van der Waals surface area contributed by atoms with Crippen molar-refractivity contribution in [3.63, 3.8) is 0 Å². The highest BCUT2D eigenvalue weighted by Crippen LogP contribution is 2.27. The van der Waals surface area contributed by atoms with Crippen LogP contribution in [0.2, 0.25) is 5.02 Å². The van der Waals surface area contributed by atoms with Gasteiger partial charge < -0.3 is 15.4 Å². The Hall–Kier alpha value is -2.27. The first-order valence-electron chi connectivity index (χ1n) is 6.71. The number of methoxy groups -OCH3 is 1. The van der Waals surface area contributed by atoms with E-state index in [9.17, 15) is 9.18 Å². The van der Waals surface area contributed by atoms with Crippen LogP contribution in [0.5, 0.6) is 5.75 Å². The van der Waals surface area contributed by atoms with Crippen LogP contribution in [0.1, 0.15) is 6.42 Å². The predicted molar refractivity (Wildman–Crippen MR) is 86.1 cm³/mol. The second-order valence-electron chi connectivity index (χ2n) is 4.58. The van der Waals surface area contributed by atoms with Crippen LogP contribution in [-0.2, 0) is 4.79 Å². The topological polar surface area (TPSA) is 50.4 Å². The number of carbonyl (C=O) groups excluding carboxylic acids is 1. The molecule has 0 aliphatic carbocycles. The van der Waals surface area contributed by atoms with Gasteiger partial charge in [0.15, 0.2) is 0 Å². The van der Waals surface area contributed by atoms with Gasteiger partial charge in [0.2, 0.25) is 5.91 Å². The van der Waals surface area contributed by atoms with Crippen LogP contribution in [0.3, 0.4) is 0 Å². The summed E-state index contributed by atoms with van der Waals surface area (Å²) < 4.78 is 17.8. The summed E-state index contributed by atoms with van der Waals surface area (Å²) in [5.41, 5.74) is 1.37. The van der Waals surface area contributed by atoms with Gasteiger partial charge in [0, 0.05) is 24.3 Å². The van der Waals surface area contributed by atoms with E-state index in [2.05, 4.69) is 10.6 Å². The van der Waals surface area contributed by atoms with Crippen molar-refractivity contribution >= 4 is 28.9 Å². The first kappa shape index (κ1) is 16.1. The van der Waals surface area contributed by atoms with Crippen LogP contribution in [0.15, 0.2) is 42.5 Å². The molecule has 0 unspecified atom stereocenters. The first-order chi connectivity index (χ1) is 10.6. The van der Waals surface area contributed by atoms with E-state index in [1.807, 2.05) is 6.07 Å². The molecule has 0 aliphatic heterocycles. The molecule has 2 rings (SSSR count). The second-order valence-corrected chi connectivity index (χ2v) is 4.99. The van der Waals surface area contributed by atoms with E-state index in [0.29, 0.717) is 23.0 Å². The van der Waals surface area contributed by atoms with Crippen molar-refractivity contribution in [1.82, 2.24) is 0 Å². The van der Waals surface area contributed by atoms with Gasteiger partial charge in [0.1, 0.15) is 11.6 Å². The van der Waals surface area contributed by atoms with E-state index in [0.717, 1.165) is 5.69 Å². The molecule has 6 heteroatoms. The van der Waals surface area contributed by atoms with Gasteiger partial charge in [0.25, 0.3) is 0 Å². The summed E-state index contributed by atoms with van der Waals surface area (Å²) in [6.07, 6.45) is 0.279. The second kappa shape index (κ2) is 7.66. The molecule has 0 bridgehead atoms. The van der Waals surface area contributed by atoms with Crippen molar-refractivity contribution in [3.8, 4) is 5.75 Å². The molecule has 2 N–H and O–H groups in total. The molecule has 0 saturated carbocycles. The maximum atomic E-state index is 12.8. The zero-order valence-electron chi connectivity index (χ0n) is 12.0. The van der Waals surface area contributed by atoms with Crippen LogP contribution in [0.4, 0.5) is 15.8 Å². The number of hydrogen-bond acceptors (Lipinski definition) is 3. The molecule has 2 aromatic rings. The lowest BCUT2D eigenvalue weighted by Gasteiger charge is -2.09. The highest BCUT2D eigenvalue weighted by molar-refractivity contribution is 6.32. The maximum Gasteiger partial charge on any atom is 0.226 e. The van der Waals surface area contributed by atoms with E-state index in [1.54, 1.807) is 19.2 Å². The van der Waals surface area contributed by atoms with Crippen LogP contribution >= 0.6 is 11.6 Å². The predicted octanol–water partition coefficient (Wildman–Crippen LogP) is 3.93. The lowest BCUT2D eigenvalue weighted by Crippen LogP contribution is -2.16. The van der Waals surface area contributed by atoms with Crippen molar-refractivity contribution in [2.45, 2.75) is 6.42 Å². The van der Waals surface area contributed by atoms with Crippen LogP contribution in [0, 0.1) is 5.82 Å². The fraction of sp³-hybridized carbons (Fsp3) is 0.188. The van der Waals surface area contributed by atoms with Crippen molar-refractivity contribution in [2.75, 3.05) is 24.3 Å². The van der Waals surface area contributed by atoms with E-state index in [4.69, 9.17) is 16.3 Å². The molecule has 116 valence electrons. The third-order valence-electron chi connectivity index (χ3n) is 2.96.